The van der Waals surface area contributed by atoms with Crippen LogP contribution in [0.3, 0.4) is 0 Å². The van der Waals surface area contributed by atoms with E-state index in [9.17, 15) is 9.59 Å². The van der Waals surface area contributed by atoms with E-state index in [0.717, 1.165) is 17.2 Å². The molecule has 26 heavy (non-hydrogen) atoms. The first-order valence-electron chi connectivity index (χ1n) is 7.91. The van der Waals surface area contributed by atoms with E-state index in [1.54, 1.807) is 11.8 Å². The summed E-state index contributed by atoms with van der Waals surface area (Å²) in [5.74, 6) is -0.295. The van der Waals surface area contributed by atoms with Crippen molar-refractivity contribution in [2.75, 3.05) is 16.8 Å². The Kier molecular flexibility index (Phi) is 4.17. The predicted octanol–water partition coefficient (Wildman–Crippen LogP) is 2.00. The summed E-state index contributed by atoms with van der Waals surface area (Å²) in [5.41, 5.74) is 1.37. The van der Waals surface area contributed by atoms with Gasteiger partial charge in [-0.25, -0.2) is 0 Å². The van der Waals surface area contributed by atoms with Gasteiger partial charge in [-0.05, 0) is 30.6 Å². The minimum Gasteiger partial charge on any atom is -0.407 e. The molecule has 1 aliphatic heterocycles. The second-order valence-corrected chi connectivity index (χ2v) is 6.58. The highest BCUT2D eigenvalue weighted by atomic mass is 32.1. The summed E-state index contributed by atoms with van der Waals surface area (Å²) in [7, 11) is 0. The Morgan fingerprint density at radius 1 is 1.27 bits per heavy atom. The monoisotopic (exact) mass is 370 g/mol. The van der Waals surface area contributed by atoms with Crippen molar-refractivity contribution in [3.8, 4) is 0 Å². The molecule has 2 aromatic heterocycles. The molecule has 3 aromatic rings. The minimum atomic E-state index is -0.402. The number of aryl methyl sites for hydroxylation is 1. The molecule has 1 fully saturated rings. The van der Waals surface area contributed by atoms with Gasteiger partial charge in [-0.15, -0.1) is 10.2 Å². The molecular weight excluding hydrogens is 356 g/mol. The topological polar surface area (TPSA) is 114 Å². The highest BCUT2D eigenvalue weighted by Gasteiger charge is 2.35. The Morgan fingerprint density at radius 3 is 2.81 bits per heavy atom. The van der Waals surface area contributed by atoms with Crippen molar-refractivity contribution in [1.82, 2.24) is 19.8 Å². The highest BCUT2D eigenvalue weighted by molar-refractivity contribution is 7.08. The summed E-state index contributed by atoms with van der Waals surface area (Å²) in [4.78, 5) is 26.5. The SMILES string of the molecule is Cc1nnsc1C(=O)Nc1nnc([C@@H]2CC(=O)N(c3ccccc3)C2)o1. The van der Waals surface area contributed by atoms with Crippen LogP contribution in [0.4, 0.5) is 11.7 Å². The molecule has 0 aliphatic carbocycles. The van der Waals surface area contributed by atoms with Gasteiger partial charge in [-0.2, -0.15) is 0 Å². The fraction of sp³-hybridized carbons (Fsp3) is 0.250. The molecule has 0 saturated carbocycles. The molecule has 1 saturated heterocycles. The Hall–Kier alpha value is -3.14. The summed E-state index contributed by atoms with van der Waals surface area (Å²) >= 11 is 0.993. The first-order valence-corrected chi connectivity index (χ1v) is 8.68. The van der Waals surface area contributed by atoms with E-state index in [1.807, 2.05) is 30.3 Å². The van der Waals surface area contributed by atoms with E-state index < -0.39 is 5.91 Å². The van der Waals surface area contributed by atoms with E-state index in [4.69, 9.17) is 4.42 Å². The van der Waals surface area contributed by atoms with Gasteiger partial charge < -0.3 is 9.32 Å². The number of hydrogen-bond donors (Lipinski definition) is 1. The number of rotatable bonds is 4. The van der Waals surface area contributed by atoms with Gasteiger partial charge in [0, 0.05) is 18.7 Å². The Labute approximate surface area is 152 Å². The standard InChI is InChI=1S/C16H14N6O3S/c1-9-13(26-21-18-9)14(24)17-16-20-19-15(25-16)10-7-12(23)22(8-10)11-5-3-2-4-6-11/h2-6,10H,7-8H2,1H3,(H,17,20,24)/t10-/m1/s1. The summed E-state index contributed by atoms with van der Waals surface area (Å²) in [6, 6.07) is 9.41. The molecular formula is C16H14N6O3S. The summed E-state index contributed by atoms with van der Waals surface area (Å²) in [5, 5.41) is 14.2. The first kappa shape index (κ1) is 16.3. The van der Waals surface area contributed by atoms with Crippen LogP contribution < -0.4 is 10.2 Å². The van der Waals surface area contributed by atoms with Crippen molar-refractivity contribution >= 4 is 35.0 Å². The van der Waals surface area contributed by atoms with E-state index in [2.05, 4.69) is 25.1 Å². The lowest BCUT2D eigenvalue weighted by molar-refractivity contribution is -0.117. The average Bonchev–Trinajstić information content (AvgIpc) is 3.35. The Balaban J connectivity index is 1.46. The minimum absolute atomic E-state index is 0.00338. The largest absolute Gasteiger partial charge is 0.407 e. The van der Waals surface area contributed by atoms with Crippen LogP contribution >= 0.6 is 11.5 Å². The zero-order valence-electron chi connectivity index (χ0n) is 13.7. The molecule has 1 N–H and O–H groups in total. The van der Waals surface area contributed by atoms with Crippen molar-refractivity contribution in [3.63, 3.8) is 0 Å². The van der Waals surface area contributed by atoms with Gasteiger partial charge in [0.1, 0.15) is 4.88 Å². The Bertz CT molecular complexity index is 954. The molecule has 1 aliphatic rings. The second kappa shape index (κ2) is 6.64. The highest BCUT2D eigenvalue weighted by Crippen LogP contribution is 2.31. The summed E-state index contributed by atoms with van der Waals surface area (Å²) in [6.45, 7) is 2.15. The molecule has 1 aromatic carbocycles. The molecule has 0 spiro atoms. The van der Waals surface area contributed by atoms with Crippen molar-refractivity contribution in [3.05, 3.63) is 46.8 Å². The third-order valence-corrected chi connectivity index (χ3v) is 4.89. The van der Waals surface area contributed by atoms with Gasteiger partial charge in [-0.1, -0.05) is 27.8 Å². The van der Waals surface area contributed by atoms with Crippen LogP contribution in [0, 0.1) is 6.92 Å². The van der Waals surface area contributed by atoms with Crippen molar-refractivity contribution in [1.29, 1.82) is 0 Å². The van der Waals surface area contributed by atoms with Crippen LogP contribution in [0.5, 0.6) is 0 Å². The van der Waals surface area contributed by atoms with Crippen LogP contribution in [0.15, 0.2) is 34.7 Å². The van der Waals surface area contributed by atoms with E-state index in [0.29, 0.717) is 23.0 Å². The molecule has 0 bridgehead atoms. The smallest absolute Gasteiger partial charge is 0.322 e. The maximum atomic E-state index is 12.3. The van der Waals surface area contributed by atoms with E-state index in [-0.39, 0.29) is 24.3 Å². The molecule has 132 valence electrons. The fourth-order valence-corrected chi connectivity index (χ4v) is 3.33. The number of aromatic nitrogens is 4. The van der Waals surface area contributed by atoms with Crippen molar-refractivity contribution < 1.29 is 14.0 Å². The maximum Gasteiger partial charge on any atom is 0.322 e. The van der Waals surface area contributed by atoms with Gasteiger partial charge in [0.25, 0.3) is 5.91 Å². The number of nitrogens with one attached hydrogen (secondary N) is 1. The first-order chi connectivity index (χ1) is 12.6. The molecule has 2 amide bonds. The maximum absolute atomic E-state index is 12.3. The van der Waals surface area contributed by atoms with Crippen LogP contribution in [-0.4, -0.2) is 38.1 Å². The van der Waals surface area contributed by atoms with Crippen LogP contribution in [0.1, 0.15) is 33.6 Å². The lowest BCUT2D eigenvalue weighted by Gasteiger charge is -2.15. The number of para-hydroxylation sites is 1. The summed E-state index contributed by atoms with van der Waals surface area (Å²) in [6.07, 6.45) is 0.280. The van der Waals surface area contributed by atoms with Gasteiger partial charge >= 0.3 is 6.01 Å². The lowest BCUT2D eigenvalue weighted by Crippen LogP contribution is -2.24. The van der Waals surface area contributed by atoms with Gasteiger partial charge in [0.15, 0.2) is 0 Å². The van der Waals surface area contributed by atoms with Crippen molar-refractivity contribution in [2.24, 2.45) is 0 Å². The zero-order valence-corrected chi connectivity index (χ0v) is 14.6. The number of hydrogen-bond acceptors (Lipinski definition) is 8. The average molecular weight is 370 g/mol. The second-order valence-electron chi connectivity index (χ2n) is 5.83. The number of benzene rings is 1. The van der Waals surface area contributed by atoms with Crippen molar-refractivity contribution in [2.45, 2.75) is 19.3 Å². The van der Waals surface area contributed by atoms with Crippen LogP contribution in [-0.2, 0) is 4.79 Å². The number of nitrogens with zero attached hydrogens (tertiary/aromatic N) is 5. The number of carbonyl (C=O) groups is 2. The summed E-state index contributed by atoms with van der Waals surface area (Å²) < 4.78 is 9.26. The number of anilines is 2. The third-order valence-electron chi connectivity index (χ3n) is 4.06. The normalized spacial score (nSPS) is 16.9. The van der Waals surface area contributed by atoms with Gasteiger partial charge in [-0.3, -0.25) is 14.9 Å². The van der Waals surface area contributed by atoms with Gasteiger partial charge in [0.2, 0.25) is 11.8 Å². The predicted molar refractivity (Wildman–Crippen MR) is 93.1 cm³/mol. The molecule has 3 heterocycles. The molecule has 1 atom stereocenters. The zero-order chi connectivity index (χ0) is 18.1. The van der Waals surface area contributed by atoms with Gasteiger partial charge in [0.05, 0.1) is 11.6 Å². The van der Waals surface area contributed by atoms with Crippen LogP contribution in [0.25, 0.3) is 0 Å². The quantitative estimate of drug-likeness (QED) is 0.747. The molecule has 10 heteroatoms. The van der Waals surface area contributed by atoms with E-state index in [1.165, 1.54) is 0 Å². The molecule has 0 radical (unpaired) electrons. The molecule has 0 unspecified atom stereocenters. The molecule has 4 rings (SSSR count). The fourth-order valence-electron chi connectivity index (χ4n) is 2.77. The Morgan fingerprint density at radius 2 is 2.08 bits per heavy atom. The number of amides is 2. The van der Waals surface area contributed by atoms with Crippen LogP contribution in [0.2, 0.25) is 0 Å². The lowest BCUT2D eigenvalue weighted by atomic mass is 10.1. The number of carbonyl (C=O) groups excluding carboxylic acids is 2. The third kappa shape index (κ3) is 3.06. The van der Waals surface area contributed by atoms with E-state index >= 15 is 0 Å². The molecule has 9 nitrogen and oxygen atoms in total.